The third kappa shape index (κ3) is 1.80. The maximum absolute atomic E-state index is 10.5. The molecule has 13 heavy (non-hydrogen) atoms. The minimum absolute atomic E-state index is 0.107. The molecule has 0 amide bonds. The molecule has 1 aromatic heterocycles. The second-order valence-electron chi connectivity index (χ2n) is 2.84. The fourth-order valence-corrected chi connectivity index (χ4v) is 2.28. The van der Waals surface area contributed by atoms with Crippen LogP contribution >= 0.6 is 11.8 Å². The van der Waals surface area contributed by atoms with Gasteiger partial charge in [0.1, 0.15) is 6.29 Å². The largest absolute Gasteiger partial charge is 0.302 e. The van der Waals surface area contributed by atoms with Gasteiger partial charge in [-0.15, -0.1) is 11.8 Å². The standard InChI is InChI=1S/C10H9NOS/c12-7-9-3-4-10(13-9)8-2-1-5-11-6-8/h1-2,4-7,9H,3H2. The summed E-state index contributed by atoms with van der Waals surface area (Å²) in [6, 6.07) is 3.92. The van der Waals surface area contributed by atoms with Crippen LogP contribution in [0.2, 0.25) is 0 Å². The van der Waals surface area contributed by atoms with Gasteiger partial charge in [-0.1, -0.05) is 12.1 Å². The second-order valence-corrected chi connectivity index (χ2v) is 4.12. The number of aldehydes is 1. The maximum atomic E-state index is 10.5. The molecule has 0 fully saturated rings. The fraction of sp³-hybridized carbons (Fsp3) is 0.200. The molecule has 0 saturated heterocycles. The molecule has 0 N–H and O–H groups in total. The van der Waals surface area contributed by atoms with E-state index in [1.165, 1.54) is 4.91 Å². The van der Waals surface area contributed by atoms with Crippen LogP contribution in [0.3, 0.4) is 0 Å². The van der Waals surface area contributed by atoms with Crippen molar-refractivity contribution in [3.8, 4) is 0 Å². The SMILES string of the molecule is O=CC1CC=C(c2cccnc2)S1. The van der Waals surface area contributed by atoms with Gasteiger partial charge in [-0.05, 0) is 12.5 Å². The number of rotatable bonds is 2. The Balaban J connectivity index is 2.17. The van der Waals surface area contributed by atoms with Crippen LogP contribution in [0.25, 0.3) is 4.91 Å². The van der Waals surface area contributed by atoms with E-state index in [-0.39, 0.29) is 5.25 Å². The number of allylic oxidation sites excluding steroid dienone is 1. The van der Waals surface area contributed by atoms with Crippen LogP contribution in [0.4, 0.5) is 0 Å². The van der Waals surface area contributed by atoms with Crippen molar-refractivity contribution < 1.29 is 4.79 Å². The maximum Gasteiger partial charge on any atom is 0.133 e. The highest BCUT2D eigenvalue weighted by atomic mass is 32.2. The van der Waals surface area contributed by atoms with E-state index in [0.29, 0.717) is 0 Å². The molecule has 1 aliphatic heterocycles. The second kappa shape index (κ2) is 3.75. The van der Waals surface area contributed by atoms with E-state index >= 15 is 0 Å². The van der Waals surface area contributed by atoms with Crippen molar-refractivity contribution in [1.82, 2.24) is 4.98 Å². The molecule has 2 rings (SSSR count). The van der Waals surface area contributed by atoms with Crippen LogP contribution in [0.15, 0.2) is 30.6 Å². The Morgan fingerprint density at radius 3 is 3.15 bits per heavy atom. The Morgan fingerprint density at radius 1 is 1.62 bits per heavy atom. The van der Waals surface area contributed by atoms with Gasteiger partial charge < -0.3 is 4.79 Å². The zero-order chi connectivity index (χ0) is 9.10. The Morgan fingerprint density at radius 2 is 2.54 bits per heavy atom. The molecule has 0 saturated carbocycles. The molecular weight excluding hydrogens is 182 g/mol. The average Bonchev–Trinajstić information content (AvgIpc) is 2.67. The number of hydrogen-bond donors (Lipinski definition) is 0. The summed E-state index contributed by atoms with van der Waals surface area (Å²) in [7, 11) is 0. The molecule has 1 aromatic rings. The van der Waals surface area contributed by atoms with E-state index in [4.69, 9.17) is 0 Å². The topological polar surface area (TPSA) is 30.0 Å². The first-order valence-corrected chi connectivity index (χ1v) is 5.00. The molecule has 1 unspecified atom stereocenters. The monoisotopic (exact) mass is 191 g/mol. The highest BCUT2D eigenvalue weighted by Crippen LogP contribution is 2.37. The molecule has 0 bridgehead atoms. The van der Waals surface area contributed by atoms with Crippen LogP contribution in [0.1, 0.15) is 12.0 Å². The van der Waals surface area contributed by atoms with Gasteiger partial charge in [0.25, 0.3) is 0 Å². The lowest BCUT2D eigenvalue weighted by atomic mass is 10.2. The van der Waals surface area contributed by atoms with E-state index in [1.807, 2.05) is 18.3 Å². The molecule has 66 valence electrons. The number of carbonyl (C=O) groups is 1. The summed E-state index contributed by atoms with van der Waals surface area (Å²) < 4.78 is 0. The quantitative estimate of drug-likeness (QED) is 0.671. The summed E-state index contributed by atoms with van der Waals surface area (Å²) >= 11 is 1.62. The van der Waals surface area contributed by atoms with Gasteiger partial charge in [-0.2, -0.15) is 0 Å². The first-order chi connectivity index (χ1) is 6.40. The normalized spacial score (nSPS) is 21.2. The third-order valence-electron chi connectivity index (χ3n) is 1.91. The molecule has 1 atom stereocenters. The van der Waals surface area contributed by atoms with Gasteiger partial charge in [-0.25, -0.2) is 0 Å². The van der Waals surface area contributed by atoms with Crippen molar-refractivity contribution >= 4 is 23.0 Å². The number of pyridine rings is 1. The molecular formula is C10H9NOS. The lowest BCUT2D eigenvalue weighted by Gasteiger charge is -2.01. The minimum Gasteiger partial charge on any atom is -0.302 e. The number of hydrogen-bond acceptors (Lipinski definition) is 3. The summed E-state index contributed by atoms with van der Waals surface area (Å²) in [6.45, 7) is 0. The van der Waals surface area contributed by atoms with Gasteiger partial charge in [0, 0.05) is 22.9 Å². The van der Waals surface area contributed by atoms with Crippen LogP contribution in [-0.4, -0.2) is 16.5 Å². The lowest BCUT2D eigenvalue weighted by molar-refractivity contribution is -0.107. The highest BCUT2D eigenvalue weighted by molar-refractivity contribution is 8.09. The summed E-state index contributed by atoms with van der Waals surface area (Å²) in [5.74, 6) is 0. The smallest absolute Gasteiger partial charge is 0.133 e. The zero-order valence-electron chi connectivity index (χ0n) is 7.01. The number of carbonyl (C=O) groups excluding carboxylic acids is 1. The molecule has 1 aliphatic rings. The highest BCUT2D eigenvalue weighted by Gasteiger charge is 2.17. The zero-order valence-corrected chi connectivity index (χ0v) is 7.83. The van der Waals surface area contributed by atoms with Crippen molar-refractivity contribution in [2.45, 2.75) is 11.7 Å². The Kier molecular flexibility index (Phi) is 2.45. The Hall–Kier alpha value is -1.09. The molecule has 0 aliphatic carbocycles. The van der Waals surface area contributed by atoms with Crippen molar-refractivity contribution in [3.63, 3.8) is 0 Å². The Bertz CT molecular complexity index is 334. The van der Waals surface area contributed by atoms with Crippen molar-refractivity contribution in [2.24, 2.45) is 0 Å². The van der Waals surface area contributed by atoms with E-state index in [9.17, 15) is 4.79 Å². The van der Waals surface area contributed by atoms with Crippen molar-refractivity contribution in [1.29, 1.82) is 0 Å². The van der Waals surface area contributed by atoms with E-state index in [2.05, 4.69) is 11.1 Å². The van der Waals surface area contributed by atoms with Crippen molar-refractivity contribution in [2.75, 3.05) is 0 Å². The summed E-state index contributed by atoms with van der Waals surface area (Å²) in [6.07, 6.45) is 7.52. The van der Waals surface area contributed by atoms with Gasteiger partial charge in [-0.3, -0.25) is 4.98 Å². The molecule has 0 radical (unpaired) electrons. The predicted octanol–water partition coefficient (Wildman–Crippen LogP) is 2.13. The molecule has 0 aromatic carbocycles. The van der Waals surface area contributed by atoms with Crippen LogP contribution < -0.4 is 0 Å². The number of thioether (sulfide) groups is 1. The first kappa shape index (κ1) is 8.51. The van der Waals surface area contributed by atoms with Crippen LogP contribution in [0.5, 0.6) is 0 Å². The third-order valence-corrected chi connectivity index (χ3v) is 3.17. The molecule has 0 spiro atoms. The number of nitrogens with zero attached hydrogens (tertiary/aromatic N) is 1. The van der Waals surface area contributed by atoms with Gasteiger partial charge in [0.2, 0.25) is 0 Å². The average molecular weight is 191 g/mol. The molecule has 2 nitrogen and oxygen atoms in total. The summed E-state index contributed by atoms with van der Waals surface area (Å²) in [5, 5.41) is 0.107. The predicted molar refractivity (Wildman–Crippen MR) is 54.3 cm³/mol. The molecule has 2 heterocycles. The summed E-state index contributed by atoms with van der Waals surface area (Å²) in [4.78, 5) is 15.7. The lowest BCUT2D eigenvalue weighted by Crippen LogP contribution is -1.96. The van der Waals surface area contributed by atoms with Gasteiger partial charge in [0.15, 0.2) is 0 Å². The molecule has 3 heteroatoms. The van der Waals surface area contributed by atoms with E-state index in [0.717, 1.165) is 18.3 Å². The van der Waals surface area contributed by atoms with Gasteiger partial charge in [0.05, 0.1) is 5.25 Å². The van der Waals surface area contributed by atoms with E-state index < -0.39 is 0 Å². The Labute approximate surface area is 81.1 Å². The summed E-state index contributed by atoms with van der Waals surface area (Å²) in [5.41, 5.74) is 1.11. The fourth-order valence-electron chi connectivity index (χ4n) is 1.26. The van der Waals surface area contributed by atoms with Crippen molar-refractivity contribution in [3.05, 3.63) is 36.2 Å². The minimum atomic E-state index is 0.107. The first-order valence-electron chi connectivity index (χ1n) is 4.12. The van der Waals surface area contributed by atoms with Gasteiger partial charge >= 0.3 is 0 Å². The van der Waals surface area contributed by atoms with E-state index in [1.54, 1.807) is 18.0 Å². The van der Waals surface area contributed by atoms with Crippen LogP contribution in [-0.2, 0) is 4.79 Å². The number of aromatic nitrogens is 1. The van der Waals surface area contributed by atoms with Crippen LogP contribution in [0, 0.1) is 0 Å².